The number of aromatic nitrogens is 2. The van der Waals surface area contributed by atoms with Crippen molar-refractivity contribution in [3.63, 3.8) is 0 Å². The Kier molecular flexibility index (Phi) is 5.01. The maximum absolute atomic E-state index is 14.1. The fourth-order valence-electron chi connectivity index (χ4n) is 7.79. The SMILES string of the molecule is COc1cccc(C2CC(C(F)(F)F)n3ncc(C(=O)CC45CC6CC(CC(C6)C4)C5)c3N2)c1. The molecule has 1 aliphatic heterocycles. The maximum atomic E-state index is 14.1. The van der Waals surface area contributed by atoms with Gasteiger partial charge in [-0.3, -0.25) is 4.79 Å². The summed E-state index contributed by atoms with van der Waals surface area (Å²) in [5, 5.41) is 7.30. The van der Waals surface area contributed by atoms with E-state index >= 15 is 0 Å². The highest BCUT2D eigenvalue weighted by Crippen LogP contribution is 2.61. The van der Waals surface area contributed by atoms with E-state index in [1.54, 1.807) is 24.3 Å². The minimum atomic E-state index is -4.47. The van der Waals surface area contributed by atoms with Gasteiger partial charge in [0.05, 0.1) is 24.9 Å². The second-order valence-electron chi connectivity index (χ2n) is 11.1. The van der Waals surface area contributed by atoms with Gasteiger partial charge in [-0.2, -0.15) is 18.3 Å². The van der Waals surface area contributed by atoms with E-state index in [0.29, 0.717) is 35.5 Å². The van der Waals surface area contributed by atoms with Crippen LogP contribution >= 0.6 is 0 Å². The minimum Gasteiger partial charge on any atom is -0.497 e. The van der Waals surface area contributed by atoms with Crippen LogP contribution < -0.4 is 10.1 Å². The molecule has 2 heterocycles. The van der Waals surface area contributed by atoms with Crippen LogP contribution in [0, 0.1) is 23.2 Å². The van der Waals surface area contributed by atoms with Gasteiger partial charge in [-0.25, -0.2) is 4.68 Å². The molecule has 1 aromatic carbocycles. The number of carbonyl (C=O) groups excluding carboxylic acids is 1. The first-order chi connectivity index (χ1) is 16.2. The number of Topliss-reactive ketones (excluding diaryl/α,β-unsaturated/α-hetero) is 1. The van der Waals surface area contributed by atoms with Crippen molar-refractivity contribution < 1.29 is 22.7 Å². The standard InChI is InChI=1S/C26H30F3N3O2/c1-34-19-4-2-3-18(8-19)21-9-23(26(27,28)29)32-24(31-21)20(14-30-32)22(33)13-25-10-15-5-16(11-25)7-17(6-15)12-25/h2-4,8,14-17,21,23,31H,5-7,9-13H2,1H3. The zero-order valence-corrected chi connectivity index (χ0v) is 19.3. The van der Waals surface area contributed by atoms with Crippen LogP contribution in [0.3, 0.4) is 0 Å². The maximum Gasteiger partial charge on any atom is 0.410 e. The highest BCUT2D eigenvalue weighted by atomic mass is 19.4. The van der Waals surface area contributed by atoms with Gasteiger partial charge < -0.3 is 10.1 Å². The summed E-state index contributed by atoms with van der Waals surface area (Å²) < 4.78 is 48.4. The number of alkyl halides is 3. The van der Waals surface area contributed by atoms with Crippen molar-refractivity contribution in [3.8, 4) is 5.75 Å². The molecule has 4 saturated carbocycles. The predicted molar refractivity (Wildman–Crippen MR) is 121 cm³/mol. The lowest BCUT2D eigenvalue weighted by atomic mass is 9.48. The van der Waals surface area contributed by atoms with E-state index in [2.05, 4.69) is 10.4 Å². The Morgan fingerprint density at radius 3 is 2.44 bits per heavy atom. The Bertz CT molecular complexity index is 1070. The molecule has 2 atom stereocenters. The fraction of sp³-hybridized carbons (Fsp3) is 0.615. The van der Waals surface area contributed by atoms with Crippen LogP contribution in [-0.4, -0.2) is 28.8 Å². The molecule has 0 radical (unpaired) electrons. The molecule has 1 aromatic heterocycles. The van der Waals surface area contributed by atoms with E-state index in [9.17, 15) is 18.0 Å². The number of carbonyl (C=O) groups is 1. The van der Waals surface area contributed by atoms with E-state index < -0.39 is 18.3 Å². The first-order valence-corrected chi connectivity index (χ1v) is 12.3. The average Bonchev–Trinajstić information content (AvgIpc) is 3.20. The van der Waals surface area contributed by atoms with Gasteiger partial charge >= 0.3 is 6.18 Å². The van der Waals surface area contributed by atoms with Gasteiger partial charge in [0.15, 0.2) is 11.8 Å². The van der Waals surface area contributed by atoms with Gasteiger partial charge in [-0.1, -0.05) is 12.1 Å². The van der Waals surface area contributed by atoms with Crippen molar-refractivity contribution in [1.82, 2.24) is 9.78 Å². The van der Waals surface area contributed by atoms with Crippen molar-refractivity contribution in [2.75, 3.05) is 12.4 Å². The number of ketones is 1. The Morgan fingerprint density at radius 1 is 1.15 bits per heavy atom. The van der Waals surface area contributed by atoms with Crippen molar-refractivity contribution in [2.45, 2.75) is 69.6 Å². The predicted octanol–water partition coefficient (Wildman–Crippen LogP) is 6.34. The molecule has 0 saturated heterocycles. The molecule has 2 aromatic rings. The van der Waals surface area contributed by atoms with Crippen molar-refractivity contribution in [3.05, 3.63) is 41.6 Å². The number of methoxy groups -OCH3 is 1. The highest BCUT2D eigenvalue weighted by Gasteiger charge is 2.52. The normalized spacial score (nSPS) is 33.9. The third-order valence-electron chi connectivity index (χ3n) is 8.74. The third kappa shape index (κ3) is 3.69. The summed E-state index contributed by atoms with van der Waals surface area (Å²) >= 11 is 0. The third-order valence-corrected chi connectivity index (χ3v) is 8.74. The highest BCUT2D eigenvalue weighted by molar-refractivity contribution is 6.01. The molecule has 2 unspecified atom stereocenters. The zero-order chi connectivity index (χ0) is 23.7. The molecule has 1 N–H and O–H groups in total. The van der Waals surface area contributed by atoms with E-state index in [0.717, 1.165) is 23.9 Å². The van der Waals surface area contributed by atoms with E-state index in [4.69, 9.17) is 4.74 Å². The van der Waals surface area contributed by atoms with Crippen LogP contribution in [0.15, 0.2) is 30.5 Å². The average molecular weight is 474 g/mol. The van der Waals surface area contributed by atoms with Gasteiger partial charge in [0.25, 0.3) is 0 Å². The number of nitrogens with zero attached hydrogens (tertiary/aromatic N) is 2. The summed E-state index contributed by atoms with van der Waals surface area (Å²) in [5.74, 6) is 2.83. The number of fused-ring (bicyclic) bond motifs is 1. The van der Waals surface area contributed by atoms with Gasteiger partial charge in [-0.05, 0) is 79.4 Å². The lowest BCUT2D eigenvalue weighted by molar-refractivity contribution is -0.173. The summed E-state index contributed by atoms with van der Waals surface area (Å²) in [5.41, 5.74) is 1.00. The lowest BCUT2D eigenvalue weighted by Gasteiger charge is -2.56. The molecule has 34 heavy (non-hydrogen) atoms. The van der Waals surface area contributed by atoms with Crippen LogP contribution in [-0.2, 0) is 0 Å². The molecule has 5 aliphatic rings. The summed E-state index contributed by atoms with van der Waals surface area (Å²) in [4.78, 5) is 13.6. The summed E-state index contributed by atoms with van der Waals surface area (Å²) in [6.07, 6.45) is 4.19. The fourth-order valence-corrected chi connectivity index (χ4v) is 7.79. The molecular weight excluding hydrogens is 443 g/mol. The Morgan fingerprint density at radius 2 is 1.82 bits per heavy atom. The van der Waals surface area contributed by atoms with Crippen LogP contribution in [0.25, 0.3) is 0 Å². The molecule has 8 heteroatoms. The van der Waals surface area contributed by atoms with Gasteiger partial charge in [0.1, 0.15) is 11.6 Å². The number of rotatable bonds is 5. The quantitative estimate of drug-likeness (QED) is 0.515. The van der Waals surface area contributed by atoms with E-state index in [1.807, 2.05) is 0 Å². The zero-order valence-electron chi connectivity index (χ0n) is 19.3. The van der Waals surface area contributed by atoms with Crippen molar-refractivity contribution in [2.24, 2.45) is 23.2 Å². The van der Waals surface area contributed by atoms with Crippen LogP contribution in [0.4, 0.5) is 19.0 Å². The Labute approximate surface area is 197 Å². The Hall–Kier alpha value is -2.51. The molecule has 0 amide bonds. The van der Waals surface area contributed by atoms with E-state index in [1.165, 1.54) is 32.6 Å². The van der Waals surface area contributed by atoms with Crippen LogP contribution in [0.5, 0.6) is 5.75 Å². The van der Waals surface area contributed by atoms with Crippen LogP contribution in [0.1, 0.15) is 79.4 Å². The first-order valence-electron chi connectivity index (χ1n) is 12.3. The molecular formula is C26H30F3N3O2. The van der Waals surface area contributed by atoms with Gasteiger partial charge in [-0.15, -0.1) is 0 Å². The summed E-state index contributed by atoms with van der Waals surface area (Å²) in [7, 11) is 1.53. The smallest absolute Gasteiger partial charge is 0.410 e. The van der Waals surface area contributed by atoms with Gasteiger partial charge in [0.2, 0.25) is 0 Å². The molecule has 182 valence electrons. The lowest BCUT2D eigenvalue weighted by Crippen LogP contribution is -2.46. The van der Waals surface area contributed by atoms with Crippen molar-refractivity contribution >= 4 is 11.6 Å². The molecule has 4 bridgehead atoms. The number of benzene rings is 1. The number of hydrogen-bond acceptors (Lipinski definition) is 4. The topological polar surface area (TPSA) is 56.2 Å². The largest absolute Gasteiger partial charge is 0.497 e. The number of hydrogen-bond donors (Lipinski definition) is 1. The number of anilines is 1. The number of nitrogens with one attached hydrogen (secondary N) is 1. The molecule has 4 fully saturated rings. The molecule has 5 nitrogen and oxygen atoms in total. The van der Waals surface area contributed by atoms with Gasteiger partial charge in [0, 0.05) is 12.8 Å². The number of ether oxygens (including phenoxy) is 1. The second-order valence-corrected chi connectivity index (χ2v) is 11.1. The summed E-state index contributed by atoms with van der Waals surface area (Å²) in [6, 6.07) is 4.67. The summed E-state index contributed by atoms with van der Waals surface area (Å²) in [6.45, 7) is 0. The molecule has 4 aliphatic carbocycles. The second kappa shape index (κ2) is 7.75. The van der Waals surface area contributed by atoms with Crippen molar-refractivity contribution in [1.29, 1.82) is 0 Å². The number of halogens is 3. The first kappa shape index (κ1) is 22.0. The molecule has 0 spiro atoms. The monoisotopic (exact) mass is 473 g/mol. The molecule has 7 rings (SSSR count). The van der Waals surface area contributed by atoms with Crippen LogP contribution in [0.2, 0.25) is 0 Å². The van der Waals surface area contributed by atoms with E-state index in [-0.39, 0.29) is 29.0 Å². The minimum absolute atomic E-state index is 0.0188. The Balaban J connectivity index is 1.31.